The van der Waals surface area contributed by atoms with Crippen LogP contribution >= 0.6 is 0 Å². The molecule has 0 saturated heterocycles. The Kier molecular flexibility index (Phi) is 3.50. The third kappa shape index (κ3) is 2.37. The van der Waals surface area contributed by atoms with Crippen LogP contribution in [0.3, 0.4) is 0 Å². The Labute approximate surface area is 89.2 Å². The van der Waals surface area contributed by atoms with Gasteiger partial charge in [-0.1, -0.05) is 13.8 Å². The molecule has 0 radical (unpaired) electrons. The minimum atomic E-state index is -0.390. The third-order valence-corrected chi connectivity index (χ3v) is 2.58. The molecule has 4 nitrogen and oxygen atoms in total. The van der Waals surface area contributed by atoms with Crippen LogP contribution in [0.5, 0.6) is 0 Å². The van der Waals surface area contributed by atoms with Crippen molar-refractivity contribution < 1.29 is 19.1 Å². The summed E-state index contributed by atoms with van der Waals surface area (Å²) >= 11 is 0. The van der Waals surface area contributed by atoms with Gasteiger partial charge in [-0.2, -0.15) is 0 Å². The van der Waals surface area contributed by atoms with Crippen molar-refractivity contribution in [3.8, 4) is 0 Å². The van der Waals surface area contributed by atoms with Gasteiger partial charge in [-0.3, -0.25) is 9.59 Å². The van der Waals surface area contributed by atoms with Crippen molar-refractivity contribution in [2.75, 3.05) is 0 Å². The molecule has 0 aliphatic carbocycles. The average molecular weight is 212 g/mol. The Bertz CT molecular complexity index is 317. The molecule has 84 valence electrons. The molecule has 1 heterocycles. The van der Waals surface area contributed by atoms with Gasteiger partial charge in [-0.15, -0.1) is 0 Å². The number of ketones is 1. The Hall–Kier alpha value is -1.32. The number of esters is 1. The van der Waals surface area contributed by atoms with E-state index in [1.165, 1.54) is 0 Å². The van der Waals surface area contributed by atoms with Gasteiger partial charge in [-0.05, 0) is 13.8 Å². The van der Waals surface area contributed by atoms with Crippen molar-refractivity contribution in [3.63, 3.8) is 0 Å². The molecule has 0 N–H and O–H groups in total. The summed E-state index contributed by atoms with van der Waals surface area (Å²) in [6, 6.07) is 0. The standard InChI is InChI=1S/C11H16O4/c1-5-9(12)15-11-7(3)10(13)6(2)8(4)14-11/h6,8H,5H2,1-4H3. The fraction of sp³-hybridized carbons (Fsp3) is 0.636. The van der Waals surface area contributed by atoms with E-state index < -0.39 is 0 Å². The molecule has 0 fully saturated rings. The summed E-state index contributed by atoms with van der Waals surface area (Å²) in [4.78, 5) is 22.8. The Balaban J connectivity index is 2.87. The van der Waals surface area contributed by atoms with Crippen LogP contribution in [0.25, 0.3) is 0 Å². The molecule has 0 spiro atoms. The Morgan fingerprint density at radius 1 is 1.47 bits per heavy atom. The molecule has 1 aliphatic heterocycles. The lowest BCUT2D eigenvalue weighted by Gasteiger charge is -2.27. The maximum Gasteiger partial charge on any atom is 0.313 e. The van der Waals surface area contributed by atoms with E-state index in [1.54, 1.807) is 27.7 Å². The highest BCUT2D eigenvalue weighted by Gasteiger charge is 2.32. The molecular formula is C11H16O4. The number of hydrogen-bond acceptors (Lipinski definition) is 4. The van der Waals surface area contributed by atoms with Crippen molar-refractivity contribution in [3.05, 3.63) is 11.5 Å². The first-order valence-electron chi connectivity index (χ1n) is 5.09. The number of hydrogen-bond donors (Lipinski definition) is 0. The molecule has 1 rings (SSSR count). The predicted octanol–water partition coefficient (Wildman–Crippen LogP) is 1.79. The lowest BCUT2D eigenvalue weighted by molar-refractivity contribution is -0.150. The molecule has 0 aromatic heterocycles. The second kappa shape index (κ2) is 4.47. The third-order valence-electron chi connectivity index (χ3n) is 2.58. The number of Topliss-reactive ketones (excluding diaryl/α,β-unsaturated/α-hetero) is 1. The number of allylic oxidation sites excluding steroid dienone is 1. The topological polar surface area (TPSA) is 52.6 Å². The van der Waals surface area contributed by atoms with Crippen LogP contribution in [0.15, 0.2) is 11.5 Å². The zero-order valence-electron chi connectivity index (χ0n) is 9.49. The summed E-state index contributed by atoms with van der Waals surface area (Å²) < 4.78 is 10.3. The molecule has 0 aromatic rings. The van der Waals surface area contributed by atoms with E-state index >= 15 is 0 Å². The SMILES string of the molecule is CCC(=O)OC1=C(C)C(=O)C(C)C(C)O1. The summed E-state index contributed by atoms with van der Waals surface area (Å²) in [5.41, 5.74) is 0.391. The second-order valence-electron chi connectivity index (χ2n) is 3.72. The number of ether oxygens (including phenoxy) is 2. The summed E-state index contributed by atoms with van der Waals surface area (Å²) in [5.74, 6) is -0.530. The number of carbonyl (C=O) groups is 2. The van der Waals surface area contributed by atoms with E-state index in [0.717, 1.165) is 0 Å². The van der Waals surface area contributed by atoms with Crippen molar-refractivity contribution in [1.29, 1.82) is 0 Å². The van der Waals surface area contributed by atoms with Gasteiger partial charge in [0, 0.05) is 6.42 Å². The molecule has 2 atom stereocenters. The lowest BCUT2D eigenvalue weighted by atomic mass is 9.94. The summed E-state index contributed by atoms with van der Waals surface area (Å²) in [7, 11) is 0. The maximum absolute atomic E-state index is 11.7. The maximum atomic E-state index is 11.7. The summed E-state index contributed by atoms with van der Waals surface area (Å²) in [6.07, 6.45) is 0.0130. The zero-order valence-corrected chi connectivity index (χ0v) is 9.49. The lowest BCUT2D eigenvalue weighted by Crippen LogP contribution is -2.33. The first kappa shape index (κ1) is 11.8. The van der Waals surface area contributed by atoms with Crippen LogP contribution in [0, 0.1) is 5.92 Å². The molecular weight excluding hydrogens is 196 g/mol. The van der Waals surface area contributed by atoms with Crippen LogP contribution in [0.1, 0.15) is 34.1 Å². The van der Waals surface area contributed by atoms with Crippen LogP contribution in [-0.4, -0.2) is 17.9 Å². The highest BCUT2D eigenvalue weighted by atomic mass is 16.7. The Morgan fingerprint density at radius 2 is 2.07 bits per heavy atom. The summed E-state index contributed by atoms with van der Waals surface area (Å²) in [6.45, 7) is 6.89. The first-order valence-corrected chi connectivity index (χ1v) is 5.09. The molecule has 0 saturated carbocycles. The van der Waals surface area contributed by atoms with Crippen LogP contribution in [0.4, 0.5) is 0 Å². The average Bonchev–Trinajstić information content (AvgIpc) is 2.22. The van der Waals surface area contributed by atoms with Crippen molar-refractivity contribution in [2.45, 2.75) is 40.2 Å². The van der Waals surface area contributed by atoms with E-state index in [4.69, 9.17) is 9.47 Å². The van der Waals surface area contributed by atoms with Gasteiger partial charge in [0.05, 0.1) is 11.5 Å². The van der Waals surface area contributed by atoms with Crippen LogP contribution in [0.2, 0.25) is 0 Å². The fourth-order valence-corrected chi connectivity index (χ4v) is 1.29. The quantitative estimate of drug-likeness (QED) is 0.655. The van der Waals surface area contributed by atoms with E-state index in [2.05, 4.69) is 0 Å². The van der Waals surface area contributed by atoms with Gasteiger partial charge in [0.1, 0.15) is 6.10 Å². The highest BCUT2D eigenvalue weighted by Crippen LogP contribution is 2.26. The minimum absolute atomic E-state index is 0.0207. The molecule has 1 aliphatic rings. The first-order chi connectivity index (χ1) is 6.97. The molecule has 0 amide bonds. The van der Waals surface area contributed by atoms with Crippen molar-refractivity contribution >= 4 is 11.8 Å². The van der Waals surface area contributed by atoms with Gasteiger partial charge in [0.25, 0.3) is 5.95 Å². The molecule has 0 aromatic carbocycles. The van der Waals surface area contributed by atoms with Crippen LogP contribution in [-0.2, 0) is 19.1 Å². The van der Waals surface area contributed by atoms with Gasteiger partial charge in [0.2, 0.25) is 0 Å². The molecule has 4 heteroatoms. The smallest absolute Gasteiger partial charge is 0.313 e. The highest BCUT2D eigenvalue weighted by molar-refractivity contribution is 5.97. The van der Waals surface area contributed by atoms with E-state index in [1.807, 2.05) is 0 Å². The second-order valence-corrected chi connectivity index (χ2v) is 3.72. The largest absolute Gasteiger partial charge is 0.461 e. The number of rotatable bonds is 2. The zero-order chi connectivity index (χ0) is 11.6. The van der Waals surface area contributed by atoms with Crippen molar-refractivity contribution in [2.24, 2.45) is 5.92 Å². The van der Waals surface area contributed by atoms with Gasteiger partial charge in [-0.25, -0.2) is 0 Å². The predicted molar refractivity (Wildman–Crippen MR) is 53.8 cm³/mol. The normalized spacial score (nSPS) is 26.3. The molecule has 15 heavy (non-hydrogen) atoms. The van der Waals surface area contributed by atoms with E-state index in [9.17, 15) is 9.59 Å². The molecule has 2 unspecified atom stereocenters. The van der Waals surface area contributed by atoms with Gasteiger partial charge in [0.15, 0.2) is 5.78 Å². The van der Waals surface area contributed by atoms with Gasteiger partial charge >= 0.3 is 5.97 Å². The van der Waals surface area contributed by atoms with E-state index in [-0.39, 0.29) is 36.1 Å². The van der Waals surface area contributed by atoms with Gasteiger partial charge < -0.3 is 9.47 Å². The van der Waals surface area contributed by atoms with Crippen LogP contribution < -0.4 is 0 Å². The van der Waals surface area contributed by atoms with Crippen molar-refractivity contribution in [1.82, 2.24) is 0 Å². The molecule has 0 bridgehead atoms. The fourth-order valence-electron chi connectivity index (χ4n) is 1.29. The number of carbonyl (C=O) groups excluding carboxylic acids is 2. The van der Waals surface area contributed by atoms with E-state index in [0.29, 0.717) is 5.57 Å². The minimum Gasteiger partial charge on any atom is -0.461 e. The Morgan fingerprint density at radius 3 is 2.60 bits per heavy atom. The monoisotopic (exact) mass is 212 g/mol. The summed E-state index contributed by atoms with van der Waals surface area (Å²) in [5, 5.41) is 0.